The van der Waals surface area contributed by atoms with Crippen LogP contribution in [-0.2, 0) is 14.3 Å². The molecule has 2 amide bonds. The molecule has 1 aliphatic rings. The van der Waals surface area contributed by atoms with E-state index < -0.39 is 11.8 Å². The van der Waals surface area contributed by atoms with E-state index >= 15 is 0 Å². The topological polar surface area (TPSA) is 91.8 Å². The van der Waals surface area contributed by atoms with Gasteiger partial charge in [0.05, 0.1) is 12.3 Å². The first-order chi connectivity index (χ1) is 14.0. The fourth-order valence-electron chi connectivity index (χ4n) is 2.85. The summed E-state index contributed by atoms with van der Waals surface area (Å²) in [7, 11) is 0. The van der Waals surface area contributed by atoms with E-state index in [1.165, 1.54) is 6.21 Å². The zero-order valence-electron chi connectivity index (χ0n) is 16.1. The van der Waals surface area contributed by atoms with Crippen molar-refractivity contribution in [1.29, 1.82) is 0 Å². The number of amides is 2. The van der Waals surface area contributed by atoms with E-state index in [-0.39, 0.29) is 6.10 Å². The summed E-state index contributed by atoms with van der Waals surface area (Å²) in [6, 6.07) is 13.2. The Hall–Kier alpha value is -2.90. The Kier molecular flexibility index (Phi) is 7.21. The molecule has 1 atom stereocenters. The molecule has 2 aromatic carbocycles. The first-order valence-electron chi connectivity index (χ1n) is 9.37. The molecule has 0 aromatic heterocycles. The third-order valence-corrected chi connectivity index (χ3v) is 4.67. The Labute approximate surface area is 174 Å². The van der Waals surface area contributed by atoms with E-state index in [1.54, 1.807) is 12.1 Å². The second-order valence-electron chi connectivity index (χ2n) is 6.77. The number of benzene rings is 2. The molecule has 0 bridgehead atoms. The molecule has 0 aliphatic carbocycles. The Bertz CT molecular complexity index is 893. The van der Waals surface area contributed by atoms with Crippen LogP contribution < -0.4 is 16.1 Å². The van der Waals surface area contributed by atoms with Crippen LogP contribution in [0.5, 0.6) is 0 Å². The van der Waals surface area contributed by atoms with Crippen molar-refractivity contribution in [3.8, 4) is 0 Å². The van der Waals surface area contributed by atoms with Gasteiger partial charge in [-0.3, -0.25) is 9.59 Å². The van der Waals surface area contributed by atoms with Gasteiger partial charge in [0, 0.05) is 35.1 Å². The van der Waals surface area contributed by atoms with E-state index in [2.05, 4.69) is 21.2 Å². The van der Waals surface area contributed by atoms with Crippen molar-refractivity contribution in [2.24, 2.45) is 5.10 Å². The van der Waals surface area contributed by atoms with E-state index in [1.807, 2.05) is 37.3 Å². The van der Waals surface area contributed by atoms with Crippen molar-refractivity contribution in [3.63, 3.8) is 0 Å². The predicted octanol–water partition coefficient (Wildman–Crippen LogP) is 3.14. The maximum atomic E-state index is 11.9. The molecule has 1 heterocycles. The maximum Gasteiger partial charge on any atom is 0.329 e. The highest BCUT2D eigenvalue weighted by Crippen LogP contribution is 2.23. The highest BCUT2D eigenvalue weighted by atomic mass is 35.5. The third-order valence-electron chi connectivity index (χ3n) is 4.43. The quantitative estimate of drug-likeness (QED) is 0.384. The number of nitrogens with zero attached hydrogens (tertiary/aromatic N) is 1. The molecule has 0 radical (unpaired) electrons. The van der Waals surface area contributed by atoms with Gasteiger partial charge in [-0.1, -0.05) is 29.3 Å². The minimum Gasteiger partial charge on any atom is -0.376 e. The number of halogens is 1. The van der Waals surface area contributed by atoms with Crippen molar-refractivity contribution < 1.29 is 14.3 Å². The summed E-state index contributed by atoms with van der Waals surface area (Å²) < 4.78 is 5.41. The van der Waals surface area contributed by atoms with Crippen molar-refractivity contribution in [2.45, 2.75) is 25.9 Å². The van der Waals surface area contributed by atoms with Crippen LogP contribution in [0, 0.1) is 6.92 Å². The fraction of sp³-hybridized carbons (Fsp3) is 0.286. The normalized spacial score (nSPS) is 16.0. The van der Waals surface area contributed by atoms with Gasteiger partial charge in [-0.2, -0.15) is 5.10 Å². The minimum absolute atomic E-state index is 0.0304. The summed E-state index contributed by atoms with van der Waals surface area (Å²) in [5.74, 6) is -1.59. The van der Waals surface area contributed by atoms with Crippen molar-refractivity contribution in [2.75, 3.05) is 18.5 Å². The van der Waals surface area contributed by atoms with Crippen LogP contribution in [0.25, 0.3) is 0 Å². The van der Waals surface area contributed by atoms with Gasteiger partial charge in [0.2, 0.25) is 0 Å². The SMILES string of the molecule is Cc1ccc(Nc2ccc(Cl)cc2/C=N\NC(=O)C(=O)NC[C@@H]2CCCO2)cc1. The molecule has 1 aliphatic heterocycles. The van der Waals surface area contributed by atoms with Crippen LogP contribution in [0.4, 0.5) is 11.4 Å². The van der Waals surface area contributed by atoms with E-state index in [0.29, 0.717) is 23.7 Å². The van der Waals surface area contributed by atoms with Gasteiger partial charge in [0.15, 0.2) is 0 Å². The second-order valence-corrected chi connectivity index (χ2v) is 7.20. The molecule has 1 saturated heterocycles. The summed E-state index contributed by atoms with van der Waals surface area (Å²) in [6.45, 7) is 3.02. The van der Waals surface area contributed by atoms with Crippen LogP contribution in [-0.4, -0.2) is 37.3 Å². The van der Waals surface area contributed by atoms with Crippen LogP contribution in [0.2, 0.25) is 5.02 Å². The number of hydrazone groups is 1. The summed E-state index contributed by atoms with van der Waals surface area (Å²) in [5, 5.41) is 10.2. The van der Waals surface area contributed by atoms with E-state index in [0.717, 1.165) is 29.8 Å². The molecular weight excluding hydrogens is 392 g/mol. The largest absolute Gasteiger partial charge is 0.376 e. The number of nitrogens with one attached hydrogen (secondary N) is 3. The average molecular weight is 415 g/mol. The maximum absolute atomic E-state index is 11.9. The molecular formula is C21H23ClN4O3. The average Bonchev–Trinajstić information content (AvgIpc) is 3.23. The molecule has 29 heavy (non-hydrogen) atoms. The first-order valence-corrected chi connectivity index (χ1v) is 9.75. The highest BCUT2D eigenvalue weighted by molar-refractivity contribution is 6.35. The van der Waals surface area contributed by atoms with Gasteiger partial charge >= 0.3 is 11.8 Å². The monoisotopic (exact) mass is 414 g/mol. The lowest BCUT2D eigenvalue weighted by Crippen LogP contribution is -2.41. The number of hydrogen-bond donors (Lipinski definition) is 3. The van der Waals surface area contributed by atoms with Gasteiger partial charge in [-0.25, -0.2) is 5.43 Å². The van der Waals surface area contributed by atoms with Gasteiger partial charge in [-0.05, 0) is 50.1 Å². The Morgan fingerprint density at radius 2 is 2.00 bits per heavy atom. The minimum atomic E-state index is -0.839. The zero-order valence-corrected chi connectivity index (χ0v) is 16.8. The van der Waals surface area contributed by atoms with Crippen molar-refractivity contribution in [1.82, 2.24) is 10.7 Å². The lowest BCUT2D eigenvalue weighted by atomic mass is 10.1. The number of anilines is 2. The van der Waals surface area contributed by atoms with Gasteiger partial charge in [-0.15, -0.1) is 0 Å². The van der Waals surface area contributed by atoms with Crippen molar-refractivity contribution in [3.05, 3.63) is 58.6 Å². The fourth-order valence-corrected chi connectivity index (χ4v) is 3.03. The molecule has 152 valence electrons. The summed E-state index contributed by atoms with van der Waals surface area (Å²) in [4.78, 5) is 23.7. The molecule has 3 N–H and O–H groups in total. The summed E-state index contributed by atoms with van der Waals surface area (Å²) >= 11 is 6.08. The molecule has 0 unspecified atom stereocenters. The number of hydrogen-bond acceptors (Lipinski definition) is 5. The molecule has 2 aromatic rings. The molecule has 7 nitrogen and oxygen atoms in total. The van der Waals surface area contributed by atoms with Gasteiger partial charge in [0.1, 0.15) is 0 Å². The number of carbonyl (C=O) groups is 2. The van der Waals surface area contributed by atoms with Crippen LogP contribution in [0.1, 0.15) is 24.0 Å². The molecule has 0 spiro atoms. The van der Waals surface area contributed by atoms with Gasteiger partial charge in [0.25, 0.3) is 0 Å². The smallest absolute Gasteiger partial charge is 0.329 e. The highest BCUT2D eigenvalue weighted by Gasteiger charge is 2.19. The third kappa shape index (κ3) is 6.30. The standard InChI is InChI=1S/C21H23ClN4O3/c1-14-4-7-17(8-5-14)25-19-9-6-16(22)11-15(19)12-24-26-21(28)20(27)23-13-18-3-2-10-29-18/h4-9,11-12,18,25H,2-3,10,13H2,1H3,(H,23,27)(H,26,28)/b24-12-/t18-/m0/s1. The van der Waals surface area contributed by atoms with Crippen LogP contribution in [0.3, 0.4) is 0 Å². The Balaban J connectivity index is 1.58. The lowest BCUT2D eigenvalue weighted by Gasteiger charge is -2.11. The number of ether oxygens (including phenoxy) is 1. The molecule has 3 rings (SSSR count). The summed E-state index contributed by atoms with van der Waals surface area (Å²) in [6.07, 6.45) is 3.26. The van der Waals surface area contributed by atoms with Crippen LogP contribution >= 0.6 is 11.6 Å². The Morgan fingerprint density at radius 1 is 1.21 bits per heavy atom. The number of aryl methyl sites for hydroxylation is 1. The number of carbonyl (C=O) groups excluding carboxylic acids is 2. The second kappa shape index (κ2) is 10.0. The molecule has 0 saturated carbocycles. The molecule has 1 fully saturated rings. The van der Waals surface area contributed by atoms with Crippen molar-refractivity contribution >= 4 is 41.0 Å². The van der Waals surface area contributed by atoms with Gasteiger partial charge < -0.3 is 15.4 Å². The predicted molar refractivity (Wildman–Crippen MR) is 114 cm³/mol. The van der Waals surface area contributed by atoms with E-state index in [9.17, 15) is 9.59 Å². The Morgan fingerprint density at radius 3 is 2.72 bits per heavy atom. The lowest BCUT2D eigenvalue weighted by molar-refractivity contribution is -0.139. The van der Waals surface area contributed by atoms with E-state index in [4.69, 9.17) is 16.3 Å². The first kappa shape index (κ1) is 20.8. The zero-order chi connectivity index (χ0) is 20.6. The molecule has 8 heteroatoms. The summed E-state index contributed by atoms with van der Waals surface area (Å²) in [5.41, 5.74) is 5.73. The van der Waals surface area contributed by atoms with Crippen LogP contribution in [0.15, 0.2) is 47.6 Å². The number of rotatable bonds is 6.